The number of pyridine rings is 1. The van der Waals surface area contributed by atoms with E-state index in [9.17, 15) is 14.0 Å². The fourth-order valence-corrected chi connectivity index (χ4v) is 3.95. The van der Waals surface area contributed by atoms with Crippen molar-refractivity contribution >= 4 is 22.5 Å². The molecule has 0 fully saturated rings. The fourth-order valence-electron chi connectivity index (χ4n) is 3.95. The number of nitrogens with one attached hydrogen (secondary N) is 1. The maximum atomic E-state index is 14.2. The minimum absolute atomic E-state index is 0.0303. The van der Waals surface area contributed by atoms with Crippen molar-refractivity contribution in [2.45, 2.75) is 19.9 Å². The van der Waals surface area contributed by atoms with Gasteiger partial charge in [-0.1, -0.05) is 12.1 Å². The lowest BCUT2D eigenvalue weighted by Crippen LogP contribution is -2.17. The van der Waals surface area contributed by atoms with Crippen LogP contribution in [-0.4, -0.2) is 20.6 Å². The zero-order valence-corrected chi connectivity index (χ0v) is 19.0. The molecule has 172 valence electrons. The number of aromatic nitrogens is 3. The quantitative estimate of drug-likeness (QED) is 0.343. The number of anilines is 2. The van der Waals surface area contributed by atoms with E-state index in [-0.39, 0.29) is 6.04 Å². The van der Waals surface area contributed by atoms with Crippen molar-refractivity contribution in [2.24, 2.45) is 4.99 Å². The molecular weight excluding hydrogens is 446 g/mol. The summed E-state index contributed by atoms with van der Waals surface area (Å²) in [5.41, 5.74) is 4.17. The van der Waals surface area contributed by atoms with E-state index in [1.165, 1.54) is 12.1 Å². The molecular formula is C27H20F2N6. The molecule has 5 rings (SSSR count). The van der Waals surface area contributed by atoms with Crippen LogP contribution < -0.4 is 10.7 Å². The number of nitrogens with zero attached hydrogens (tertiary/aromatic N) is 5. The van der Waals surface area contributed by atoms with Crippen molar-refractivity contribution in [3.05, 3.63) is 95.5 Å². The minimum Gasteiger partial charge on any atom is -0.337 e. The Balaban J connectivity index is 1.84. The first-order chi connectivity index (χ1) is 16.9. The molecule has 0 atom stereocenters. The molecule has 8 heteroatoms. The number of rotatable bonds is 4. The van der Waals surface area contributed by atoms with Gasteiger partial charge >= 0.3 is 0 Å². The molecule has 0 saturated carbocycles. The van der Waals surface area contributed by atoms with Gasteiger partial charge in [-0.3, -0.25) is 4.99 Å². The average molecular weight is 466 g/mol. The van der Waals surface area contributed by atoms with Gasteiger partial charge in [-0.25, -0.2) is 18.7 Å². The highest BCUT2D eigenvalue weighted by Gasteiger charge is 2.18. The molecule has 0 amide bonds. The molecule has 0 saturated heterocycles. The van der Waals surface area contributed by atoms with Crippen LogP contribution in [0.1, 0.15) is 19.4 Å². The Labute approximate surface area is 200 Å². The van der Waals surface area contributed by atoms with Crippen LogP contribution in [0.15, 0.2) is 77.9 Å². The van der Waals surface area contributed by atoms with Gasteiger partial charge in [-0.15, -0.1) is 0 Å². The van der Waals surface area contributed by atoms with Crippen LogP contribution in [-0.2, 0) is 0 Å². The van der Waals surface area contributed by atoms with Crippen molar-refractivity contribution in [1.29, 1.82) is 5.26 Å². The van der Waals surface area contributed by atoms with E-state index in [1.807, 2.05) is 54.8 Å². The van der Waals surface area contributed by atoms with E-state index in [0.29, 0.717) is 45.0 Å². The maximum absolute atomic E-state index is 14.2. The molecule has 1 aliphatic heterocycles. The van der Waals surface area contributed by atoms with Crippen LogP contribution in [0.5, 0.6) is 0 Å². The van der Waals surface area contributed by atoms with Gasteiger partial charge in [0.2, 0.25) is 0 Å². The first-order valence-corrected chi connectivity index (χ1v) is 11.0. The summed E-state index contributed by atoms with van der Waals surface area (Å²) in [6.07, 6.45) is 1.60. The summed E-state index contributed by atoms with van der Waals surface area (Å²) in [5, 5.41) is 13.3. The summed E-state index contributed by atoms with van der Waals surface area (Å²) in [4.78, 5) is 13.9. The molecule has 6 nitrogen and oxygen atoms in total. The average Bonchev–Trinajstić information content (AvgIpc) is 2.85. The van der Waals surface area contributed by atoms with Crippen molar-refractivity contribution in [1.82, 2.24) is 14.5 Å². The van der Waals surface area contributed by atoms with Crippen LogP contribution in [0.3, 0.4) is 0 Å². The first kappa shape index (κ1) is 22.2. The van der Waals surface area contributed by atoms with Gasteiger partial charge in [0.05, 0.1) is 39.0 Å². The second kappa shape index (κ2) is 8.95. The molecule has 1 aromatic heterocycles. The standard InChI is InChI=1S/C27H20F2N6/c1-16(2)32-23-14-26-24(13-22(23)34-27-17(15-30)6-5-11-31-27)33-21-7-3-4-8-25(21)35(26)18-9-10-19(28)20(29)12-18/h3-14,16H,1-2H3,(H,31,34)/b32-23+. The summed E-state index contributed by atoms with van der Waals surface area (Å²) < 4.78 is 29.8. The monoisotopic (exact) mass is 466 g/mol. The lowest BCUT2D eigenvalue weighted by Gasteiger charge is -2.20. The van der Waals surface area contributed by atoms with Gasteiger partial charge in [0.15, 0.2) is 11.6 Å². The van der Waals surface area contributed by atoms with Crippen molar-refractivity contribution in [3.8, 4) is 23.1 Å². The third-order valence-electron chi connectivity index (χ3n) is 5.44. The third kappa shape index (κ3) is 4.20. The van der Waals surface area contributed by atoms with Gasteiger partial charge in [0, 0.05) is 24.0 Å². The second-order valence-corrected chi connectivity index (χ2v) is 8.25. The van der Waals surface area contributed by atoms with Crippen LogP contribution >= 0.6 is 0 Å². The van der Waals surface area contributed by atoms with E-state index in [2.05, 4.69) is 16.4 Å². The molecule has 35 heavy (non-hydrogen) atoms. The van der Waals surface area contributed by atoms with Gasteiger partial charge in [0.1, 0.15) is 11.9 Å². The van der Waals surface area contributed by atoms with Gasteiger partial charge < -0.3 is 9.88 Å². The molecule has 0 radical (unpaired) electrons. The zero-order chi connectivity index (χ0) is 24.5. The van der Waals surface area contributed by atoms with E-state index in [1.54, 1.807) is 18.3 Å². The van der Waals surface area contributed by atoms with E-state index >= 15 is 0 Å². The molecule has 1 N–H and O–H groups in total. The van der Waals surface area contributed by atoms with Crippen molar-refractivity contribution in [3.63, 3.8) is 0 Å². The number of para-hydroxylation sites is 2. The second-order valence-electron chi connectivity index (χ2n) is 8.25. The summed E-state index contributed by atoms with van der Waals surface area (Å²) in [7, 11) is 0. The van der Waals surface area contributed by atoms with Crippen LogP contribution in [0.2, 0.25) is 0 Å². The Hall–Kier alpha value is -4.64. The number of fused-ring (bicyclic) bond motifs is 2. The van der Waals surface area contributed by atoms with Crippen LogP contribution in [0.25, 0.3) is 28.1 Å². The number of hydrogen-bond donors (Lipinski definition) is 1. The number of halogens is 2. The molecule has 2 aromatic carbocycles. The summed E-state index contributed by atoms with van der Waals surface area (Å²) in [6.45, 7) is 3.91. The lowest BCUT2D eigenvalue weighted by molar-refractivity contribution is 0.508. The lowest BCUT2D eigenvalue weighted by atomic mass is 10.1. The zero-order valence-electron chi connectivity index (χ0n) is 19.0. The van der Waals surface area contributed by atoms with Gasteiger partial charge in [-0.05, 0) is 62.4 Å². The minimum atomic E-state index is -0.936. The Bertz CT molecular complexity index is 1650. The predicted octanol–water partition coefficient (Wildman–Crippen LogP) is 5.73. The Morgan fingerprint density at radius 1 is 1.00 bits per heavy atom. The van der Waals surface area contributed by atoms with Crippen LogP contribution in [0.4, 0.5) is 20.3 Å². The molecule has 3 aromatic rings. The smallest absolute Gasteiger partial charge is 0.160 e. The molecule has 0 spiro atoms. The normalized spacial score (nSPS) is 11.8. The third-order valence-corrected chi connectivity index (χ3v) is 5.44. The number of nitriles is 1. The van der Waals surface area contributed by atoms with E-state index in [0.717, 1.165) is 11.6 Å². The predicted molar refractivity (Wildman–Crippen MR) is 131 cm³/mol. The van der Waals surface area contributed by atoms with E-state index in [4.69, 9.17) is 9.98 Å². The highest BCUT2D eigenvalue weighted by atomic mass is 19.2. The van der Waals surface area contributed by atoms with Gasteiger partial charge in [0.25, 0.3) is 0 Å². The molecule has 0 bridgehead atoms. The Morgan fingerprint density at radius 2 is 1.83 bits per heavy atom. The Kier molecular flexibility index (Phi) is 5.67. The number of hydrogen-bond acceptors (Lipinski definition) is 5. The SMILES string of the molecule is CC(C)/N=c1\cc2n(-c3ccc(F)c(F)c3)c3ccccc3nc-2cc1Nc1ncccc1C#N. The highest BCUT2D eigenvalue weighted by Crippen LogP contribution is 2.31. The fraction of sp³-hybridized carbons (Fsp3) is 0.111. The molecule has 2 heterocycles. The van der Waals surface area contributed by atoms with Crippen molar-refractivity contribution in [2.75, 3.05) is 5.32 Å². The topological polar surface area (TPSA) is 78.9 Å². The summed E-state index contributed by atoms with van der Waals surface area (Å²) in [6, 6.07) is 20.4. The van der Waals surface area contributed by atoms with Crippen LogP contribution in [0, 0.1) is 23.0 Å². The molecule has 1 aliphatic carbocycles. The largest absolute Gasteiger partial charge is 0.337 e. The first-order valence-electron chi connectivity index (χ1n) is 11.0. The van der Waals surface area contributed by atoms with Gasteiger partial charge in [-0.2, -0.15) is 5.26 Å². The molecule has 0 unspecified atom stereocenters. The maximum Gasteiger partial charge on any atom is 0.160 e. The highest BCUT2D eigenvalue weighted by molar-refractivity contribution is 5.84. The van der Waals surface area contributed by atoms with Crippen molar-refractivity contribution < 1.29 is 8.78 Å². The summed E-state index contributed by atoms with van der Waals surface area (Å²) >= 11 is 0. The molecule has 2 aliphatic rings. The summed E-state index contributed by atoms with van der Waals surface area (Å²) in [5.74, 6) is -1.44. The Morgan fingerprint density at radius 3 is 2.60 bits per heavy atom. The number of benzene rings is 3. The van der Waals surface area contributed by atoms with E-state index < -0.39 is 11.6 Å².